The van der Waals surface area contributed by atoms with E-state index in [1.54, 1.807) is 0 Å². The van der Waals surface area contributed by atoms with E-state index >= 15 is 0 Å². The van der Waals surface area contributed by atoms with Gasteiger partial charge in [0.2, 0.25) is 0 Å². The average Bonchev–Trinajstić information content (AvgIpc) is 3.29. The number of rotatable bonds is 7. The number of nitrogens with two attached hydrogens (primary N) is 1. The summed E-state index contributed by atoms with van der Waals surface area (Å²) >= 11 is 0. The molecule has 118 valence electrons. The van der Waals surface area contributed by atoms with Crippen LogP contribution in [0.2, 0.25) is 0 Å². The van der Waals surface area contributed by atoms with E-state index in [1.807, 2.05) is 12.1 Å². The zero-order chi connectivity index (χ0) is 14.4. The number of benzene rings is 1. The standard InChI is InChI=1S/C16H26N4.HI/c1-3-13-5-7-14(8-6-13)19-16(17)18-11-12-20(4-2)15-9-10-15;/h5-8,15H,3-4,9-12H2,1-2H3,(H3,17,18,19);1H. The first-order valence-electron chi connectivity index (χ1n) is 7.62. The molecule has 4 nitrogen and oxygen atoms in total. The lowest BCUT2D eigenvalue weighted by Crippen LogP contribution is -2.30. The summed E-state index contributed by atoms with van der Waals surface area (Å²) in [6, 6.07) is 9.11. The molecule has 1 aliphatic carbocycles. The van der Waals surface area contributed by atoms with Gasteiger partial charge < -0.3 is 11.1 Å². The SMILES string of the molecule is CCc1ccc(NC(N)=NCCN(CC)C2CC2)cc1.I. The molecule has 2 rings (SSSR count). The summed E-state index contributed by atoms with van der Waals surface area (Å²) in [6.45, 7) is 7.22. The highest BCUT2D eigenvalue weighted by Crippen LogP contribution is 2.25. The van der Waals surface area contributed by atoms with E-state index in [2.05, 4.69) is 41.2 Å². The predicted molar refractivity (Wildman–Crippen MR) is 102 cm³/mol. The Bertz CT molecular complexity index is 440. The van der Waals surface area contributed by atoms with Crippen LogP contribution in [0, 0.1) is 0 Å². The first-order chi connectivity index (χ1) is 9.72. The first-order valence-corrected chi connectivity index (χ1v) is 7.62. The van der Waals surface area contributed by atoms with Crippen LogP contribution in [0.25, 0.3) is 0 Å². The Morgan fingerprint density at radius 3 is 2.48 bits per heavy atom. The molecule has 0 aliphatic heterocycles. The summed E-state index contributed by atoms with van der Waals surface area (Å²) < 4.78 is 0. The van der Waals surface area contributed by atoms with Crippen LogP contribution in [0.1, 0.15) is 32.3 Å². The maximum Gasteiger partial charge on any atom is 0.193 e. The lowest BCUT2D eigenvalue weighted by Gasteiger charge is -2.18. The second kappa shape index (κ2) is 9.25. The topological polar surface area (TPSA) is 53.6 Å². The molecular formula is C16H27IN4. The summed E-state index contributed by atoms with van der Waals surface area (Å²) in [5.74, 6) is 0.501. The van der Waals surface area contributed by atoms with Gasteiger partial charge in [-0.1, -0.05) is 26.0 Å². The largest absolute Gasteiger partial charge is 0.370 e. The Kier molecular flexibility index (Phi) is 8.03. The van der Waals surface area contributed by atoms with E-state index in [1.165, 1.54) is 18.4 Å². The summed E-state index contributed by atoms with van der Waals surface area (Å²) in [7, 11) is 0. The number of nitrogens with one attached hydrogen (secondary N) is 1. The van der Waals surface area contributed by atoms with E-state index in [4.69, 9.17) is 5.73 Å². The fraction of sp³-hybridized carbons (Fsp3) is 0.562. The molecule has 3 N–H and O–H groups in total. The minimum atomic E-state index is 0. The average molecular weight is 402 g/mol. The highest BCUT2D eigenvalue weighted by molar-refractivity contribution is 14.0. The van der Waals surface area contributed by atoms with E-state index in [9.17, 15) is 0 Å². The zero-order valence-corrected chi connectivity index (χ0v) is 15.3. The van der Waals surface area contributed by atoms with Gasteiger partial charge in [-0.15, -0.1) is 24.0 Å². The number of guanidine groups is 1. The van der Waals surface area contributed by atoms with Crippen molar-refractivity contribution in [3.05, 3.63) is 29.8 Å². The van der Waals surface area contributed by atoms with Crippen molar-refractivity contribution in [3.63, 3.8) is 0 Å². The zero-order valence-electron chi connectivity index (χ0n) is 13.0. The Labute approximate surface area is 145 Å². The third-order valence-electron chi connectivity index (χ3n) is 3.77. The predicted octanol–water partition coefficient (Wildman–Crippen LogP) is 3.08. The summed E-state index contributed by atoms with van der Waals surface area (Å²) in [4.78, 5) is 6.88. The molecule has 0 atom stereocenters. The minimum Gasteiger partial charge on any atom is -0.370 e. The number of aliphatic imine (C=N–C) groups is 1. The summed E-state index contributed by atoms with van der Waals surface area (Å²) in [5.41, 5.74) is 8.24. The van der Waals surface area contributed by atoms with Crippen molar-refractivity contribution in [1.82, 2.24) is 4.90 Å². The summed E-state index contributed by atoms with van der Waals surface area (Å²) in [5, 5.41) is 3.14. The Hall–Kier alpha value is -0.820. The lowest BCUT2D eigenvalue weighted by molar-refractivity contribution is 0.286. The fourth-order valence-corrected chi connectivity index (χ4v) is 2.35. The molecule has 0 unspecified atom stereocenters. The molecule has 0 bridgehead atoms. The molecule has 5 heteroatoms. The Morgan fingerprint density at radius 1 is 1.29 bits per heavy atom. The van der Waals surface area contributed by atoms with Gasteiger partial charge in [0, 0.05) is 18.3 Å². The van der Waals surface area contributed by atoms with Crippen molar-refractivity contribution >= 4 is 35.6 Å². The van der Waals surface area contributed by atoms with Crippen molar-refractivity contribution in [1.29, 1.82) is 0 Å². The molecule has 1 aromatic carbocycles. The maximum atomic E-state index is 5.92. The van der Waals surface area contributed by atoms with E-state index < -0.39 is 0 Å². The van der Waals surface area contributed by atoms with E-state index in [0.29, 0.717) is 5.96 Å². The van der Waals surface area contributed by atoms with Gasteiger partial charge in [0.25, 0.3) is 0 Å². The van der Waals surface area contributed by atoms with Gasteiger partial charge in [-0.05, 0) is 43.5 Å². The highest BCUT2D eigenvalue weighted by atomic mass is 127. The van der Waals surface area contributed by atoms with Gasteiger partial charge in [0.15, 0.2) is 5.96 Å². The molecular weight excluding hydrogens is 375 g/mol. The second-order valence-corrected chi connectivity index (χ2v) is 5.30. The molecule has 1 fully saturated rings. The molecule has 0 amide bonds. The fourth-order valence-electron chi connectivity index (χ4n) is 2.35. The quantitative estimate of drug-likeness (QED) is 0.419. The van der Waals surface area contributed by atoms with Crippen molar-refractivity contribution in [2.45, 2.75) is 39.2 Å². The Balaban J connectivity index is 0.00000220. The van der Waals surface area contributed by atoms with Gasteiger partial charge in [0.1, 0.15) is 0 Å². The Morgan fingerprint density at radius 2 is 1.95 bits per heavy atom. The van der Waals surface area contributed by atoms with Crippen molar-refractivity contribution < 1.29 is 0 Å². The third-order valence-corrected chi connectivity index (χ3v) is 3.77. The van der Waals surface area contributed by atoms with Gasteiger partial charge >= 0.3 is 0 Å². The molecule has 0 aromatic heterocycles. The molecule has 0 saturated heterocycles. The molecule has 0 spiro atoms. The second-order valence-electron chi connectivity index (χ2n) is 5.30. The molecule has 1 saturated carbocycles. The molecule has 1 aromatic rings. The van der Waals surface area contributed by atoms with Gasteiger partial charge in [-0.2, -0.15) is 0 Å². The molecule has 21 heavy (non-hydrogen) atoms. The molecule has 1 aliphatic rings. The van der Waals surface area contributed by atoms with Crippen molar-refractivity contribution in [2.24, 2.45) is 10.7 Å². The van der Waals surface area contributed by atoms with Crippen LogP contribution in [0.5, 0.6) is 0 Å². The van der Waals surface area contributed by atoms with Crippen molar-refractivity contribution in [2.75, 3.05) is 25.0 Å². The van der Waals surface area contributed by atoms with Gasteiger partial charge in [-0.25, -0.2) is 0 Å². The van der Waals surface area contributed by atoms with Crippen LogP contribution in [0.3, 0.4) is 0 Å². The number of hydrogen-bond donors (Lipinski definition) is 2. The van der Waals surface area contributed by atoms with E-state index in [-0.39, 0.29) is 24.0 Å². The monoisotopic (exact) mass is 402 g/mol. The summed E-state index contributed by atoms with van der Waals surface area (Å²) in [6.07, 6.45) is 3.74. The van der Waals surface area contributed by atoms with Crippen LogP contribution in [0.4, 0.5) is 5.69 Å². The first kappa shape index (κ1) is 18.2. The highest BCUT2D eigenvalue weighted by Gasteiger charge is 2.26. The van der Waals surface area contributed by atoms with Gasteiger partial charge in [0.05, 0.1) is 6.54 Å². The normalized spacial score (nSPS) is 14.9. The molecule has 0 heterocycles. The number of likely N-dealkylation sites (N-methyl/N-ethyl adjacent to an activating group) is 1. The number of nitrogens with zero attached hydrogens (tertiary/aromatic N) is 2. The van der Waals surface area contributed by atoms with Crippen LogP contribution in [-0.2, 0) is 6.42 Å². The van der Waals surface area contributed by atoms with Gasteiger partial charge in [-0.3, -0.25) is 9.89 Å². The van der Waals surface area contributed by atoms with Crippen LogP contribution in [-0.4, -0.2) is 36.5 Å². The van der Waals surface area contributed by atoms with Crippen LogP contribution >= 0.6 is 24.0 Å². The van der Waals surface area contributed by atoms with Crippen LogP contribution < -0.4 is 11.1 Å². The smallest absolute Gasteiger partial charge is 0.193 e. The maximum absolute atomic E-state index is 5.92. The lowest BCUT2D eigenvalue weighted by atomic mass is 10.1. The molecule has 0 radical (unpaired) electrons. The van der Waals surface area contributed by atoms with Crippen LogP contribution in [0.15, 0.2) is 29.3 Å². The number of halogens is 1. The number of hydrogen-bond acceptors (Lipinski definition) is 2. The van der Waals surface area contributed by atoms with E-state index in [0.717, 1.165) is 37.8 Å². The number of anilines is 1. The number of aryl methyl sites for hydroxylation is 1. The minimum absolute atomic E-state index is 0. The van der Waals surface area contributed by atoms with Crippen molar-refractivity contribution in [3.8, 4) is 0 Å². The third kappa shape index (κ3) is 6.22.